The van der Waals surface area contributed by atoms with Crippen molar-refractivity contribution < 1.29 is 19.2 Å². The van der Waals surface area contributed by atoms with E-state index in [9.17, 15) is 19.2 Å². The van der Waals surface area contributed by atoms with Crippen LogP contribution in [-0.4, -0.2) is 34.6 Å². The molecule has 2 N–H and O–H groups in total. The fourth-order valence-electron chi connectivity index (χ4n) is 6.53. The number of carbonyl (C=O) groups excluding carboxylic acids is 4. The first-order chi connectivity index (χ1) is 18.6. The lowest BCUT2D eigenvalue weighted by Gasteiger charge is -2.54. The van der Waals surface area contributed by atoms with Crippen molar-refractivity contribution in [2.24, 2.45) is 17.8 Å². The van der Waals surface area contributed by atoms with E-state index in [1.807, 2.05) is 48.5 Å². The summed E-state index contributed by atoms with van der Waals surface area (Å²) in [5.41, 5.74) is 7.87. The van der Waals surface area contributed by atoms with Gasteiger partial charge in [-0.1, -0.05) is 80.6 Å². The van der Waals surface area contributed by atoms with Gasteiger partial charge in [-0.15, -0.1) is 23.2 Å². The highest BCUT2D eigenvalue weighted by Gasteiger charge is 2.73. The number of amides is 4. The van der Waals surface area contributed by atoms with Gasteiger partial charge in [0.15, 0.2) is 0 Å². The summed E-state index contributed by atoms with van der Waals surface area (Å²) in [4.78, 5) is 52.7. The molecule has 9 heteroatoms. The first-order valence-electron chi connectivity index (χ1n) is 12.7. The molecule has 3 aromatic rings. The highest BCUT2D eigenvalue weighted by Crippen LogP contribution is 2.69. The smallest absolute Gasteiger partial charge is 0.269 e. The van der Waals surface area contributed by atoms with E-state index in [1.165, 1.54) is 0 Å². The van der Waals surface area contributed by atoms with E-state index in [0.29, 0.717) is 27.8 Å². The minimum Gasteiger partial charge on any atom is -0.274 e. The first-order valence-corrected chi connectivity index (χ1v) is 13.5. The number of likely N-dealkylation sites (tertiary alicyclic amines) is 1. The maximum Gasteiger partial charge on any atom is 0.269 e. The van der Waals surface area contributed by atoms with E-state index in [2.05, 4.69) is 10.9 Å². The third-order valence-electron chi connectivity index (χ3n) is 8.13. The molecule has 7 nitrogen and oxygen atoms in total. The van der Waals surface area contributed by atoms with E-state index >= 15 is 0 Å². The molecule has 2 bridgehead atoms. The van der Waals surface area contributed by atoms with Crippen LogP contribution in [0.3, 0.4) is 0 Å². The van der Waals surface area contributed by atoms with E-state index in [1.54, 1.807) is 44.2 Å². The van der Waals surface area contributed by atoms with Crippen molar-refractivity contribution in [3.8, 4) is 0 Å². The molecule has 1 heterocycles. The van der Waals surface area contributed by atoms with Crippen molar-refractivity contribution in [2.75, 3.05) is 0 Å². The van der Waals surface area contributed by atoms with Crippen LogP contribution in [0.1, 0.15) is 46.5 Å². The number of hydrogen-bond donors (Lipinski definition) is 2. The second-order valence-corrected chi connectivity index (χ2v) is 11.7. The molecule has 0 radical (unpaired) electrons. The lowest BCUT2D eigenvalue weighted by atomic mass is 9.54. The fraction of sp³-hybridized carbons (Fsp3) is 0.267. The zero-order valence-electron chi connectivity index (χ0n) is 21.2. The maximum atomic E-state index is 14.2. The number of imide groups is 1. The van der Waals surface area contributed by atoms with Gasteiger partial charge in [0.1, 0.15) is 15.8 Å². The number of hydrazine groups is 1. The topological polar surface area (TPSA) is 95.6 Å². The lowest BCUT2D eigenvalue weighted by molar-refractivity contribution is -0.150. The van der Waals surface area contributed by atoms with Crippen LogP contribution in [0, 0.1) is 17.8 Å². The van der Waals surface area contributed by atoms with Crippen LogP contribution in [0.5, 0.6) is 0 Å². The largest absolute Gasteiger partial charge is 0.274 e. The van der Waals surface area contributed by atoms with Crippen molar-refractivity contribution in [1.82, 2.24) is 15.8 Å². The molecule has 1 aliphatic heterocycles. The highest BCUT2D eigenvalue weighted by atomic mass is 35.5. The van der Waals surface area contributed by atoms with Crippen molar-refractivity contribution in [3.63, 3.8) is 0 Å². The number of rotatable bonds is 4. The van der Waals surface area contributed by atoms with Crippen LogP contribution in [0.25, 0.3) is 0 Å². The minimum atomic E-state index is -1.34. The van der Waals surface area contributed by atoms with Crippen LogP contribution >= 0.6 is 23.2 Å². The second-order valence-electron chi connectivity index (χ2n) is 10.5. The van der Waals surface area contributed by atoms with Crippen molar-refractivity contribution in [3.05, 3.63) is 107 Å². The molecule has 198 valence electrons. The third kappa shape index (κ3) is 3.36. The molecular formula is C30H25Cl2N3O4. The molecule has 3 atom stereocenters. The average Bonchev–Trinajstić information content (AvgIpc) is 3.21. The van der Waals surface area contributed by atoms with E-state index < -0.39 is 57.2 Å². The summed E-state index contributed by atoms with van der Waals surface area (Å²) in [6.45, 7) is 3.47. The van der Waals surface area contributed by atoms with Gasteiger partial charge in [0.2, 0.25) is 11.8 Å². The first kappa shape index (κ1) is 25.6. The number of hydrogen-bond acceptors (Lipinski definition) is 4. The summed E-state index contributed by atoms with van der Waals surface area (Å²) in [5, 5.41) is 0. The van der Waals surface area contributed by atoms with Crippen LogP contribution < -0.4 is 10.9 Å². The van der Waals surface area contributed by atoms with Crippen LogP contribution in [-0.2, 0) is 24.1 Å². The Labute approximate surface area is 235 Å². The monoisotopic (exact) mass is 561 g/mol. The van der Waals surface area contributed by atoms with Gasteiger partial charge in [-0.3, -0.25) is 34.9 Å². The van der Waals surface area contributed by atoms with Crippen molar-refractivity contribution in [2.45, 2.75) is 29.6 Å². The number of nitrogens with zero attached hydrogens (tertiary/aromatic N) is 1. The zero-order valence-corrected chi connectivity index (χ0v) is 22.7. The molecule has 3 aromatic carbocycles. The molecule has 7 rings (SSSR count). The normalized spacial score (nSPS) is 27.1. The van der Waals surface area contributed by atoms with Gasteiger partial charge < -0.3 is 0 Å². The molecular weight excluding hydrogens is 537 g/mol. The molecule has 0 unspecified atom stereocenters. The van der Waals surface area contributed by atoms with Gasteiger partial charge in [0.05, 0.1) is 11.8 Å². The molecule has 1 saturated heterocycles. The van der Waals surface area contributed by atoms with Gasteiger partial charge in [0.25, 0.3) is 11.8 Å². The summed E-state index contributed by atoms with van der Waals surface area (Å²) in [6.07, 6.45) is 0. The van der Waals surface area contributed by atoms with E-state index in [4.69, 9.17) is 23.2 Å². The SMILES string of the molecule is CC(C)[C@@H](C(=O)NNC(=O)c1ccccc1)N1C(=O)[C@H]2[C@H](C1=O)C1(Cl)c3ccccc3C2(Cl)c2ccccc21. The van der Waals surface area contributed by atoms with Gasteiger partial charge in [-0.25, -0.2) is 0 Å². The predicted molar refractivity (Wildman–Crippen MR) is 146 cm³/mol. The van der Waals surface area contributed by atoms with Gasteiger partial charge >= 0.3 is 0 Å². The standard InChI is InChI=1S/C30H25Cl2N3O4/c1-16(2)24(26(37)34-33-25(36)17-10-4-3-5-11-17)35-27(38)22-23(28(35)39)30(32)19-13-7-6-12-18(19)29(22,31)20-14-8-9-15-21(20)30/h3-16,22-24H,1-2H3,(H,33,36)(H,34,37)/t22-,23-,24+,29?,30?/m1/s1. The number of halogens is 2. The molecule has 4 amide bonds. The van der Waals surface area contributed by atoms with Gasteiger partial charge in [-0.05, 0) is 40.3 Å². The van der Waals surface area contributed by atoms with Crippen molar-refractivity contribution in [1.29, 1.82) is 0 Å². The number of benzene rings is 3. The second kappa shape index (κ2) is 8.93. The number of nitrogens with one attached hydrogen (secondary N) is 2. The molecule has 0 aromatic heterocycles. The van der Waals surface area contributed by atoms with Crippen LogP contribution in [0.15, 0.2) is 78.9 Å². The highest BCUT2D eigenvalue weighted by molar-refractivity contribution is 6.36. The summed E-state index contributed by atoms with van der Waals surface area (Å²) in [7, 11) is 0. The van der Waals surface area contributed by atoms with E-state index in [-0.39, 0.29) is 0 Å². The Kier molecular flexibility index (Phi) is 5.86. The third-order valence-corrected chi connectivity index (χ3v) is 9.42. The van der Waals surface area contributed by atoms with Gasteiger partial charge in [-0.2, -0.15) is 0 Å². The molecule has 4 aliphatic rings. The molecule has 0 saturated carbocycles. The Morgan fingerprint density at radius 2 is 1.13 bits per heavy atom. The number of carbonyl (C=O) groups is 4. The molecule has 39 heavy (non-hydrogen) atoms. The van der Waals surface area contributed by atoms with Crippen LogP contribution in [0.2, 0.25) is 0 Å². The molecule has 1 fully saturated rings. The predicted octanol–water partition coefficient (Wildman–Crippen LogP) is 4.07. The summed E-state index contributed by atoms with van der Waals surface area (Å²) < 4.78 is 0. The van der Waals surface area contributed by atoms with E-state index in [0.717, 1.165) is 4.90 Å². The average molecular weight is 562 g/mol. The summed E-state index contributed by atoms with van der Waals surface area (Å²) >= 11 is 14.9. The molecule has 0 spiro atoms. The quantitative estimate of drug-likeness (QED) is 0.285. The fourth-order valence-corrected chi connectivity index (χ4v) is 7.63. The van der Waals surface area contributed by atoms with Crippen molar-refractivity contribution >= 4 is 46.8 Å². The Balaban J connectivity index is 1.39. The maximum absolute atomic E-state index is 14.2. The number of alkyl halides is 2. The molecule has 3 aliphatic carbocycles. The zero-order chi connectivity index (χ0) is 27.7. The Bertz CT molecular complexity index is 1420. The summed E-state index contributed by atoms with van der Waals surface area (Å²) in [6, 6.07) is 21.9. The Morgan fingerprint density at radius 1 is 0.718 bits per heavy atom. The van der Waals surface area contributed by atoms with Gasteiger partial charge in [0, 0.05) is 5.56 Å². The van der Waals surface area contributed by atoms with Crippen LogP contribution in [0.4, 0.5) is 0 Å². The minimum absolute atomic E-state index is 0.346. The summed E-state index contributed by atoms with van der Waals surface area (Å²) in [5.74, 6) is -4.82. The Hall–Kier alpha value is -3.68. The Morgan fingerprint density at radius 3 is 1.54 bits per heavy atom. The lowest BCUT2D eigenvalue weighted by Crippen LogP contribution is -2.57.